The summed E-state index contributed by atoms with van der Waals surface area (Å²) < 4.78 is 0. The lowest BCUT2D eigenvalue weighted by molar-refractivity contribution is -0.132. The van der Waals surface area contributed by atoms with Gasteiger partial charge in [0.05, 0.1) is 6.04 Å². The molecule has 1 unspecified atom stereocenters. The van der Waals surface area contributed by atoms with Crippen LogP contribution in [0.1, 0.15) is 82.2 Å². The summed E-state index contributed by atoms with van der Waals surface area (Å²) in [4.78, 5) is 39.4. The maximum atomic E-state index is 12.9. The van der Waals surface area contributed by atoms with Gasteiger partial charge >= 0.3 is 6.03 Å². The number of carbonyl (C=O) groups is 3. The molecular formula is C24H33N3O3. The zero-order chi connectivity index (χ0) is 21.0. The molecular weight excluding hydrogens is 378 g/mol. The smallest absolute Gasteiger partial charge is 0.325 e. The minimum atomic E-state index is -0.722. The van der Waals surface area contributed by atoms with E-state index < -0.39 is 5.54 Å². The zero-order valence-corrected chi connectivity index (χ0v) is 17.7. The number of rotatable bonds is 6. The van der Waals surface area contributed by atoms with E-state index in [4.69, 9.17) is 0 Å². The highest BCUT2D eigenvalue weighted by molar-refractivity contribution is 6.07. The molecule has 2 aliphatic carbocycles. The number of imide groups is 1. The van der Waals surface area contributed by atoms with Gasteiger partial charge in [-0.05, 0) is 37.2 Å². The normalized spacial score (nSPS) is 22.7. The number of benzene rings is 1. The van der Waals surface area contributed by atoms with Crippen LogP contribution in [0.2, 0.25) is 0 Å². The highest BCUT2D eigenvalue weighted by Gasteiger charge is 2.51. The Labute approximate surface area is 178 Å². The van der Waals surface area contributed by atoms with Crippen molar-refractivity contribution in [2.75, 3.05) is 6.54 Å². The molecule has 1 spiro atoms. The standard InChI is InChI=1S/C24H33N3O3/c28-20(14-17-27-22(29)24(26-23(27)30)15-8-3-9-16-24)25-21(18-10-4-1-5-11-18)19-12-6-2-7-13-19/h1,4-5,10-11,19,21H,2-3,6-9,12-17H2,(H,25,28)(H,26,30). The van der Waals surface area contributed by atoms with Gasteiger partial charge in [0, 0.05) is 13.0 Å². The first-order valence-corrected chi connectivity index (χ1v) is 11.6. The zero-order valence-electron chi connectivity index (χ0n) is 17.7. The van der Waals surface area contributed by atoms with Crippen molar-refractivity contribution in [1.29, 1.82) is 0 Å². The van der Waals surface area contributed by atoms with Gasteiger partial charge in [0.1, 0.15) is 5.54 Å². The van der Waals surface area contributed by atoms with Gasteiger partial charge in [0.15, 0.2) is 0 Å². The van der Waals surface area contributed by atoms with Crippen molar-refractivity contribution in [2.45, 2.75) is 82.2 Å². The van der Waals surface area contributed by atoms with Crippen LogP contribution in [0.25, 0.3) is 0 Å². The average molecular weight is 412 g/mol. The Morgan fingerprint density at radius 1 is 1.03 bits per heavy atom. The average Bonchev–Trinajstić information content (AvgIpc) is 3.01. The van der Waals surface area contributed by atoms with E-state index in [1.54, 1.807) is 0 Å². The Morgan fingerprint density at radius 3 is 2.40 bits per heavy atom. The number of urea groups is 1. The first-order valence-electron chi connectivity index (χ1n) is 11.6. The molecule has 162 valence electrons. The van der Waals surface area contributed by atoms with E-state index in [9.17, 15) is 14.4 Å². The molecule has 30 heavy (non-hydrogen) atoms. The minimum absolute atomic E-state index is 0.00760. The largest absolute Gasteiger partial charge is 0.349 e. The van der Waals surface area contributed by atoms with Gasteiger partial charge in [-0.25, -0.2) is 4.79 Å². The number of nitrogens with zero attached hydrogens (tertiary/aromatic N) is 1. The summed E-state index contributed by atoms with van der Waals surface area (Å²) in [6.07, 6.45) is 10.5. The molecule has 1 saturated heterocycles. The Balaban J connectivity index is 1.38. The number of nitrogens with one attached hydrogen (secondary N) is 2. The summed E-state index contributed by atoms with van der Waals surface area (Å²) in [5.74, 6) is 0.193. The van der Waals surface area contributed by atoms with Gasteiger partial charge in [-0.15, -0.1) is 0 Å². The van der Waals surface area contributed by atoms with Crippen molar-refractivity contribution >= 4 is 17.8 Å². The fraction of sp³-hybridized carbons (Fsp3) is 0.625. The second-order valence-electron chi connectivity index (χ2n) is 9.13. The molecule has 1 atom stereocenters. The van der Waals surface area contributed by atoms with Gasteiger partial charge in [-0.2, -0.15) is 0 Å². The van der Waals surface area contributed by atoms with Crippen molar-refractivity contribution < 1.29 is 14.4 Å². The Morgan fingerprint density at radius 2 is 1.70 bits per heavy atom. The highest BCUT2D eigenvalue weighted by Crippen LogP contribution is 2.35. The molecule has 3 aliphatic rings. The van der Waals surface area contributed by atoms with Crippen LogP contribution in [0.15, 0.2) is 30.3 Å². The molecule has 6 heteroatoms. The van der Waals surface area contributed by atoms with Crippen LogP contribution in [-0.2, 0) is 9.59 Å². The second kappa shape index (κ2) is 9.19. The third-order valence-electron chi connectivity index (χ3n) is 7.11. The molecule has 6 nitrogen and oxygen atoms in total. The molecule has 1 aliphatic heterocycles. The first-order chi connectivity index (χ1) is 14.6. The van der Waals surface area contributed by atoms with E-state index in [0.29, 0.717) is 18.8 Å². The molecule has 0 bridgehead atoms. The topological polar surface area (TPSA) is 78.5 Å². The van der Waals surface area contributed by atoms with E-state index >= 15 is 0 Å². The van der Waals surface area contributed by atoms with Crippen molar-refractivity contribution in [3.8, 4) is 0 Å². The van der Waals surface area contributed by atoms with Crippen LogP contribution in [0.5, 0.6) is 0 Å². The Kier molecular flexibility index (Phi) is 6.40. The number of hydrogen-bond donors (Lipinski definition) is 2. The van der Waals surface area contributed by atoms with Gasteiger partial charge in [0.2, 0.25) is 5.91 Å². The molecule has 0 radical (unpaired) electrons. The molecule has 1 aromatic carbocycles. The summed E-state index contributed by atoms with van der Waals surface area (Å²) in [7, 11) is 0. The lowest BCUT2D eigenvalue weighted by Crippen LogP contribution is -2.48. The summed E-state index contributed by atoms with van der Waals surface area (Å²) in [5, 5.41) is 6.14. The molecule has 2 N–H and O–H groups in total. The lowest BCUT2D eigenvalue weighted by atomic mass is 9.81. The highest BCUT2D eigenvalue weighted by atomic mass is 16.2. The third kappa shape index (κ3) is 4.37. The van der Waals surface area contributed by atoms with Crippen molar-refractivity contribution in [3.05, 3.63) is 35.9 Å². The first kappa shape index (κ1) is 20.9. The van der Waals surface area contributed by atoms with Crippen molar-refractivity contribution in [1.82, 2.24) is 15.5 Å². The third-order valence-corrected chi connectivity index (χ3v) is 7.11. The second-order valence-corrected chi connectivity index (χ2v) is 9.13. The Hall–Kier alpha value is -2.37. The van der Waals surface area contributed by atoms with Gasteiger partial charge in [-0.1, -0.05) is 68.9 Å². The Bertz CT molecular complexity index is 767. The van der Waals surface area contributed by atoms with Crippen LogP contribution < -0.4 is 10.6 Å². The summed E-state index contributed by atoms with van der Waals surface area (Å²) >= 11 is 0. The van der Waals surface area contributed by atoms with Crippen LogP contribution in [-0.4, -0.2) is 34.8 Å². The van der Waals surface area contributed by atoms with Gasteiger partial charge < -0.3 is 10.6 Å². The van der Waals surface area contributed by atoms with E-state index in [2.05, 4.69) is 22.8 Å². The number of amides is 4. The molecule has 1 aromatic rings. The maximum Gasteiger partial charge on any atom is 0.325 e. The molecule has 3 fully saturated rings. The molecule has 2 saturated carbocycles. The fourth-order valence-electron chi connectivity index (χ4n) is 5.43. The fourth-order valence-corrected chi connectivity index (χ4v) is 5.43. The van der Waals surface area contributed by atoms with Crippen molar-refractivity contribution in [2.24, 2.45) is 5.92 Å². The molecule has 0 aromatic heterocycles. The van der Waals surface area contributed by atoms with Crippen LogP contribution in [0, 0.1) is 5.92 Å². The molecule has 4 rings (SSSR count). The number of hydrogen-bond acceptors (Lipinski definition) is 3. The van der Waals surface area contributed by atoms with Crippen LogP contribution in [0.4, 0.5) is 4.79 Å². The lowest BCUT2D eigenvalue weighted by Gasteiger charge is -2.31. The number of carbonyl (C=O) groups excluding carboxylic acids is 3. The molecule has 1 heterocycles. The van der Waals surface area contributed by atoms with E-state index in [1.807, 2.05) is 18.2 Å². The van der Waals surface area contributed by atoms with E-state index in [-0.39, 0.29) is 36.9 Å². The minimum Gasteiger partial charge on any atom is -0.349 e. The molecule has 4 amide bonds. The van der Waals surface area contributed by atoms with Crippen LogP contribution in [0.3, 0.4) is 0 Å². The predicted molar refractivity (Wildman–Crippen MR) is 115 cm³/mol. The quantitative estimate of drug-likeness (QED) is 0.693. The maximum absolute atomic E-state index is 12.9. The predicted octanol–water partition coefficient (Wildman–Crippen LogP) is 4.07. The summed E-state index contributed by atoms with van der Waals surface area (Å²) in [6, 6.07) is 9.80. The van der Waals surface area contributed by atoms with E-state index in [0.717, 1.165) is 37.7 Å². The van der Waals surface area contributed by atoms with Crippen molar-refractivity contribution in [3.63, 3.8) is 0 Å². The van der Waals surface area contributed by atoms with E-state index in [1.165, 1.54) is 24.2 Å². The monoisotopic (exact) mass is 411 g/mol. The summed E-state index contributed by atoms with van der Waals surface area (Å²) in [6.45, 7) is 0.143. The van der Waals surface area contributed by atoms with Gasteiger partial charge in [-0.3, -0.25) is 14.5 Å². The van der Waals surface area contributed by atoms with Crippen LogP contribution >= 0.6 is 0 Å². The SMILES string of the molecule is O=C(CCN1C(=O)NC2(CCCCC2)C1=O)NC(c1ccccc1)C1CCCCC1. The van der Waals surface area contributed by atoms with Gasteiger partial charge in [0.25, 0.3) is 5.91 Å². The summed E-state index contributed by atoms with van der Waals surface area (Å²) in [5.41, 5.74) is 0.411.